The van der Waals surface area contributed by atoms with Crippen molar-refractivity contribution in [2.24, 2.45) is 0 Å². The molecule has 1 aromatic rings. The first kappa shape index (κ1) is 13.8. The van der Waals surface area contributed by atoms with E-state index in [0.29, 0.717) is 6.04 Å². The van der Waals surface area contributed by atoms with Crippen LogP contribution in [0, 0.1) is 6.92 Å². The molecule has 3 N–H and O–H groups in total. The first-order chi connectivity index (χ1) is 8.06. The van der Waals surface area contributed by atoms with Crippen molar-refractivity contribution in [3.05, 3.63) is 17.8 Å². The molecule has 0 bridgehead atoms. The lowest BCUT2D eigenvalue weighted by Gasteiger charge is -2.23. The maximum atomic E-state index is 5.74. The molecule has 0 aliphatic heterocycles. The molecule has 4 nitrogen and oxygen atoms in total. The van der Waals surface area contributed by atoms with Gasteiger partial charge in [0.25, 0.3) is 0 Å². The summed E-state index contributed by atoms with van der Waals surface area (Å²) < 4.78 is 0. The Hall–Kier alpha value is -1.29. The molecule has 1 atom stereocenters. The van der Waals surface area contributed by atoms with Crippen molar-refractivity contribution in [3.8, 4) is 0 Å². The van der Waals surface area contributed by atoms with E-state index in [2.05, 4.69) is 36.0 Å². The van der Waals surface area contributed by atoms with Gasteiger partial charge in [-0.05, 0) is 38.6 Å². The number of pyridine rings is 1. The lowest BCUT2D eigenvalue weighted by molar-refractivity contribution is 0.294. The summed E-state index contributed by atoms with van der Waals surface area (Å²) in [4.78, 5) is 6.67. The van der Waals surface area contributed by atoms with Gasteiger partial charge in [-0.3, -0.25) is 0 Å². The van der Waals surface area contributed by atoms with Gasteiger partial charge in [-0.15, -0.1) is 0 Å². The predicted molar refractivity (Wildman–Crippen MR) is 74.3 cm³/mol. The van der Waals surface area contributed by atoms with E-state index in [1.165, 1.54) is 0 Å². The standard InChI is InChI=1S/C13H24N4/c1-5-17(6-2)9-11(4)16-13-7-10(3)12(14)8-15-13/h7-8,11H,5-6,9,14H2,1-4H3,(H,15,16). The minimum atomic E-state index is 0.380. The van der Waals surface area contributed by atoms with Gasteiger partial charge in [0.1, 0.15) is 5.82 Å². The maximum Gasteiger partial charge on any atom is 0.126 e. The Balaban J connectivity index is 2.55. The number of hydrogen-bond acceptors (Lipinski definition) is 4. The Labute approximate surface area is 104 Å². The highest BCUT2D eigenvalue weighted by Gasteiger charge is 2.07. The molecule has 0 radical (unpaired) electrons. The molecule has 96 valence electrons. The second kappa shape index (κ2) is 6.45. The van der Waals surface area contributed by atoms with Gasteiger partial charge in [0.15, 0.2) is 0 Å². The van der Waals surface area contributed by atoms with Crippen LogP contribution < -0.4 is 11.1 Å². The quantitative estimate of drug-likeness (QED) is 0.794. The van der Waals surface area contributed by atoms with Crippen molar-refractivity contribution in [1.82, 2.24) is 9.88 Å². The highest BCUT2D eigenvalue weighted by Crippen LogP contribution is 2.13. The lowest BCUT2D eigenvalue weighted by Crippen LogP contribution is -2.34. The van der Waals surface area contributed by atoms with Crippen molar-refractivity contribution in [1.29, 1.82) is 0 Å². The third-order valence-corrected chi connectivity index (χ3v) is 2.97. The molecule has 1 heterocycles. The third kappa shape index (κ3) is 4.23. The highest BCUT2D eigenvalue weighted by atomic mass is 15.1. The Morgan fingerprint density at radius 1 is 1.41 bits per heavy atom. The van der Waals surface area contributed by atoms with E-state index in [-0.39, 0.29) is 0 Å². The molecule has 17 heavy (non-hydrogen) atoms. The fraction of sp³-hybridized carbons (Fsp3) is 0.615. The molecule has 0 spiro atoms. The summed E-state index contributed by atoms with van der Waals surface area (Å²) >= 11 is 0. The van der Waals surface area contributed by atoms with Gasteiger partial charge in [0.2, 0.25) is 0 Å². The molecule has 0 saturated heterocycles. The van der Waals surface area contributed by atoms with Gasteiger partial charge in [-0.2, -0.15) is 0 Å². The van der Waals surface area contributed by atoms with Crippen LogP contribution in [0.4, 0.5) is 11.5 Å². The van der Waals surface area contributed by atoms with E-state index in [4.69, 9.17) is 5.73 Å². The number of nitrogens with zero attached hydrogens (tertiary/aromatic N) is 2. The molecule has 0 amide bonds. The van der Waals surface area contributed by atoms with Crippen LogP contribution in [0.2, 0.25) is 0 Å². The van der Waals surface area contributed by atoms with Crippen LogP contribution in [0.5, 0.6) is 0 Å². The smallest absolute Gasteiger partial charge is 0.126 e. The largest absolute Gasteiger partial charge is 0.397 e. The van der Waals surface area contributed by atoms with E-state index in [1.54, 1.807) is 6.20 Å². The summed E-state index contributed by atoms with van der Waals surface area (Å²) in [5, 5.41) is 3.40. The summed E-state index contributed by atoms with van der Waals surface area (Å²) in [6, 6.07) is 2.37. The lowest BCUT2D eigenvalue weighted by atomic mass is 10.2. The molecule has 4 heteroatoms. The summed E-state index contributed by atoms with van der Waals surface area (Å²) in [7, 11) is 0. The predicted octanol–water partition coefficient (Wildman–Crippen LogP) is 2.11. The topological polar surface area (TPSA) is 54.2 Å². The van der Waals surface area contributed by atoms with E-state index >= 15 is 0 Å². The van der Waals surface area contributed by atoms with Crippen LogP contribution in [0.3, 0.4) is 0 Å². The maximum absolute atomic E-state index is 5.74. The number of rotatable bonds is 6. The second-order valence-corrected chi connectivity index (χ2v) is 4.46. The summed E-state index contributed by atoms with van der Waals surface area (Å²) in [5.74, 6) is 0.899. The highest BCUT2D eigenvalue weighted by molar-refractivity contribution is 5.51. The zero-order valence-electron chi connectivity index (χ0n) is 11.3. The SMILES string of the molecule is CCN(CC)CC(C)Nc1cc(C)c(N)cn1. The molecular formula is C13H24N4. The molecule has 1 aromatic heterocycles. The first-order valence-electron chi connectivity index (χ1n) is 6.27. The number of likely N-dealkylation sites (N-methyl/N-ethyl adjacent to an activating group) is 1. The normalized spacial score (nSPS) is 12.8. The van der Waals surface area contributed by atoms with Crippen LogP contribution >= 0.6 is 0 Å². The molecule has 0 saturated carbocycles. The average Bonchev–Trinajstić information content (AvgIpc) is 2.31. The van der Waals surface area contributed by atoms with E-state index in [1.807, 2.05) is 13.0 Å². The van der Waals surface area contributed by atoms with Crippen molar-refractivity contribution < 1.29 is 0 Å². The number of nitrogens with two attached hydrogens (primary N) is 1. The van der Waals surface area contributed by atoms with Crippen molar-refractivity contribution >= 4 is 11.5 Å². The fourth-order valence-electron chi connectivity index (χ4n) is 1.81. The van der Waals surface area contributed by atoms with Gasteiger partial charge in [0, 0.05) is 12.6 Å². The number of aryl methyl sites for hydroxylation is 1. The molecule has 0 fully saturated rings. The molecule has 1 rings (SSSR count). The summed E-state index contributed by atoms with van der Waals surface area (Å²) in [5.41, 5.74) is 7.55. The van der Waals surface area contributed by atoms with Gasteiger partial charge >= 0.3 is 0 Å². The van der Waals surface area contributed by atoms with E-state index in [9.17, 15) is 0 Å². The molecule has 0 aliphatic rings. The number of hydrogen-bond donors (Lipinski definition) is 2. The van der Waals surface area contributed by atoms with Crippen LogP contribution in [0.1, 0.15) is 26.3 Å². The van der Waals surface area contributed by atoms with Crippen molar-refractivity contribution in [2.75, 3.05) is 30.7 Å². The van der Waals surface area contributed by atoms with Crippen molar-refractivity contribution in [3.63, 3.8) is 0 Å². The third-order valence-electron chi connectivity index (χ3n) is 2.97. The van der Waals surface area contributed by atoms with Crippen LogP contribution in [0.25, 0.3) is 0 Å². The number of nitrogen functional groups attached to an aromatic ring is 1. The van der Waals surface area contributed by atoms with Crippen LogP contribution in [0.15, 0.2) is 12.3 Å². The van der Waals surface area contributed by atoms with Gasteiger partial charge in [0.05, 0.1) is 11.9 Å². The second-order valence-electron chi connectivity index (χ2n) is 4.46. The number of anilines is 2. The molecule has 1 unspecified atom stereocenters. The summed E-state index contributed by atoms with van der Waals surface area (Å²) in [6.07, 6.45) is 1.71. The Bertz CT molecular complexity index is 347. The number of aromatic nitrogens is 1. The Kier molecular flexibility index (Phi) is 5.22. The zero-order chi connectivity index (χ0) is 12.8. The van der Waals surface area contributed by atoms with E-state index < -0.39 is 0 Å². The summed E-state index contributed by atoms with van der Waals surface area (Å²) in [6.45, 7) is 11.7. The first-order valence-corrected chi connectivity index (χ1v) is 6.27. The van der Waals surface area contributed by atoms with Crippen molar-refractivity contribution in [2.45, 2.75) is 33.7 Å². The zero-order valence-corrected chi connectivity index (χ0v) is 11.3. The minimum absolute atomic E-state index is 0.380. The monoisotopic (exact) mass is 236 g/mol. The van der Waals surface area contributed by atoms with Gasteiger partial charge in [-0.25, -0.2) is 4.98 Å². The number of nitrogens with one attached hydrogen (secondary N) is 1. The minimum Gasteiger partial charge on any atom is -0.397 e. The molecular weight excluding hydrogens is 212 g/mol. The van der Waals surface area contributed by atoms with Gasteiger partial charge < -0.3 is 16.0 Å². The Morgan fingerprint density at radius 2 is 2.06 bits per heavy atom. The molecule has 0 aliphatic carbocycles. The fourth-order valence-corrected chi connectivity index (χ4v) is 1.81. The van der Waals surface area contributed by atoms with E-state index in [0.717, 1.165) is 36.7 Å². The molecule has 0 aromatic carbocycles. The van der Waals surface area contributed by atoms with Crippen LogP contribution in [-0.4, -0.2) is 35.6 Å². The van der Waals surface area contributed by atoms with Crippen LogP contribution in [-0.2, 0) is 0 Å². The average molecular weight is 236 g/mol. The Morgan fingerprint density at radius 3 is 2.59 bits per heavy atom. The van der Waals surface area contributed by atoms with Gasteiger partial charge in [-0.1, -0.05) is 13.8 Å².